The third kappa shape index (κ3) is 4.11. The van der Waals surface area contributed by atoms with Gasteiger partial charge in [0.25, 0.3) is 7.52 Å². The van der Waals surface area contributed by atoms with Crippen molar-refractivity contribution >= 4 is 7.52 Å². The SMILES string of the molecule is C[C@H]1CCN(C(C)(C)C)P(=O)([C@@H](Cc2ccccc2)c2ccccc2)O1. The molecule has 1 saturated heterocycles. The minimum atomic E-state index is -3.07. The van der Waals surface area contributed by atoms with E-state index in [4.69, 9.17) is 4.52 Å². The van der Waals surface area contributed by atoms with Gasteiger partial charge in [0.1, 0.15) is 0 Å². The third-order valence-electron chi connectivity index (χ3n) is 5.04. The monoisotopic (exact) mass is 371 g/mol. The van der Waals surface area contributed by atoms with E-state index in [1.165, 1.54) is 5.56 Å². The van der Waals surface area contributed by atoms with Gasteiger partial charge in [-0.2, -0.15) is 0 Å². The first-order valence-corrected chi connectivity index (χ1v) is 11.1. The average Bonchev–Trinajstić information content (AvgIpc) is 2.60. The Morgan fingerprint density at radius 1 is 1.08 bits per heavy atom. The zero-order valence-corrected chi connectivity index (χ0v) is 17.2. The summed E-state index contributed by atoms with van der Waals surface area (Å²) in [4.78, 5) is 0. The number of nitrogens with zero attached hydrogens (tertiary/aromatic N) is 1. The highest BCUT2D eigenvalue weighted by Crippen LogP contribution is 2.68. The van der Waals surface area contributed by atoms with Crippen molar-refractivity contribution in [3.05, 3.63) is 71.8 Å². The summed E-state index contributed by atoms with van der Waals surface area (Å²) in [6, 6.07) is 20.5. The summed E-state index contributed by atoms with van der Waals surface area (Å²) < 4.78 is 22.8. The predicted molar refractivity (Wildman–Crippen MR) is 109 cm³/mol. The van der Waals surface area contributed by atoms with Gasteiger partial charge in [-0.15, -0.1) is 0 Å². The lowest BCUT2D eigenvalue weighted by Crippen LogP contribution is -2.45. The predicted octanol–water partition coefficient (Wildman–Crippen LogP) is 6.07. The Hall–Kier alpha value is -1.41. The zero-order chi connectivity index (χ0) is 18.8. The number of benzene rings is 2. The van der Waals surface area contributed by atoms with Crippen LogP contribution in [0.5, 0.6) is 0 Å². The molecule has 4 heteroatoms. The minimum absolute atomic E-state index is 0.0152. The van der Waals surface area contributed by atoms with E-state index in [9.17, 15) is 4.57 Å². The van der Waals surface area contributed by atoms with Gasteiger partial charge >= 0.3 is 0 Å². The van der Waals surface area contributed by atoms with Crippen LogP contribution in [0.3, 0.4) is 0 Å². The van der Waals surface area contributed by atoms with Crippen LogP contribution in [0.1, 0.15) is 50.9 Å². The molecule has 0 amide bonds. The number of hydrogen-bond acceptors (Lipinski definition) is 2. The molecule has 2 aromatic carbocycles. The van der Waals surface area contributed by atoms with E-state index < -0.39 is 7.52 Å². The van der Waals surface area contributed by atoms with Crippen molar-refractivity contribution in [2.24, 2.45) is 0 Å². The van der Waals surface area contributed by atoms with Gasteiger partial charge < -0.3 is 4.52 Å². The number of hydrogen-bond donors (Lipinski definition) is 0. The molecule has 26 heavy (non-hydrogen) atoms. The fraction of sp³-hybridized carbons (Fsp3) is 0.455. The van der Waals surface area contributed by atoms with Crippen LogP contribution in [0.2, 0.25) is 0 Å². The summed E-state index contributed by atoms with van der Waals surface area (Å²) in [7, 11) is -3.07. The summed E-state index contributed by atoms with van der Waals surface area (Å²) in [5.74, 6) is 0. The van der Waals surface area contributed by atoms with Gasteiger partial charge in [-0.05, 0) is 51.7 Å². The molecule has 2 aromatic rings. The van der Waals surface area contributed by atoms with E-state index in [0.717, 1.165) is 18.5 Å². The normalized spacial score (nSPS) is 25.8. The highest BCUT2D eigenvalue weighted by atomic mass is 31.2. The fourth-order valence-corrected chi connectivity index (χ4v) is 7.18. The molecule has 0 saturated carbocycles. The van der Waals surface area contributed by atoms with Crippen LogP contribution in [0.25, 0.3) is 0 Å². The highest BCUT2D eigenvalue weighted by Gasteiger charge is 2.49. The first-order chi connectivity index (χ1) is 12.3. The van der Waals surface area contributed by atoms with Crippen molar-refractivity contribution < 1.29 is 9.09 Å². The summed E-state index contributed by atoms with van der Waals surface area (Å²) >= 11 is 0. The molecule has 0 N–H and O–H groups in total. The van der Waals surface area contributed by atoms with E-state index in [0.29, 0.717) is 6.42 Å². The van der Waals surface area contributed by atoms with Crippen molar-refractivity contribution in [3.8, 4) is 0 Å². The van der Waals surface area contributed by atoms with Crippen molar-refractivity contribution in [2.75, 3.05) is 6.54 Å². The van der Waals surface area contributed by atoms with Gasteiger partial charge in [-0.25, -0.2) is 4.67 Å². The summed E-state index contributed by atoms with van der Waals surface area (Å²) in [6.07, 6.45) is 1.64. The maximum Gasteiger partial charge on any atom is 0.280 e. The average molecular weight is 371 g/mol. The third-order valence-corrected chi connectivity index (χ3v) is 8.44. The lowest BCUT2D eigenvalue weighted by molar-refractivity contribution is 0.0955. The fourth-order valence-electron chi connectivity index (χ4n) is 3.74. The molecule has 1 fully saturated rings. The van der Waals surface area contributed by atoms with E-state index in [-0.39, 0.29) is 17.3 Å². The molecule has 0 aliphatic carbocycles. The maximum atomic E-state index is 14.4. The molecule has 3 nitrogen and oxygen atoms in total. The van der Waals surface area contributed by atoms with Crippen LogP contribution in [0.4, 0.5) is 0 Å². The maximum absolute atomic E-state index is 14.4. The van der Waals surface area contributed by atoms with E-state index >= 15 is 0 Å². The molecule has 1 aliphatic rings. The Bertz CT molecular complexity index is 755. The lowest BCUT2D eigenvalue weighted by atomic mass is 10.0. The first kappa shape index (κ1) is 19.4. The summed E-state index contributed by atoms with van der Waals surface area (Å²) in [6.45, 7) is 9.23. The molecule has 140 valence electrons. The van der Waals surface area contributed by atoms with Crippen molar-refractivity contribution in [2.45, 2.75) is 57.8 Å². The molecular weight excluding hydrogens is 341 g/mol. The van der Waals surface area contributed by atoms with Gasteiger partial charge in [0.05, 0.1) is 11.8 Å². The minimum Gasteiger partial charge on any atom is -0.314 e. The molecule has 1 heterocycles. The number of rotatable bonds is 4. The van der Waals surface area contributed by atoms with Gasteiger partial charge in [0.15, 0.2) is 0 Å². The smallest absolute Gasteiger partial charge is 0.280 e. The van der Waals surface area contributed by atoms with Crippen LogP contribution in [0.15, 0.2) is 60.7 Å². The topological polar surface area (TPSA) is 29.5 Å². The zero-order valence-electron chi connectivity index (χ0n) is 16.3. The Morgan fingerprint density at radius 2 is 1.65 bits per heavy atom. The molecule has 1 unspecified atom stereocenters. The van der Waals surface area contributed by atoms with Gasteiger partial charge in [-0.3, -0.25) is 4.57 Å². The molecule has 0 bridgehead atoms. The van der Waals surface area contributed by atoms with Crippen LogP contribution in [0, 0.1) is 0 Å². The van der Waals surface area contributed by atoms with E-state index in [2.05, 4.69) is 49.7 Å². The second-order valence-corrected chi connectivity index (χ2v) is 10.6. The van der Waals surface area contributed by atoms with E-state index in [1.807, 2.05) is 43.3 Å². The Balaban J connectivity index is 2.07. The summed E-state index contributed by atoms with van der Waals surface area (Å²) in [5.41, 5.74) is 1.89. The van der Waals surface area contributed by atoms with Crippen LogP contribution in [-0.2, 0) is 15.5 Å². The quantitative estimate of drug-likeness (QED) is 0.611. The molecule has 0 spiro atoms. The van der Waals surface area contributed by atoms with Crippen molar-refractivity contribution in [3.63, 3.8) is 0 Å². The second-order valence-electron chi connectivity index (χ2n) is 8.18. The van der Waals surface area contributed by atoms with Crippen LogP contribution < -0.4 is 0 Å². The molecule has 3 atom stereocenters. The first-order valence-electron chi connectivity index (χ1n) is 9.46. The van der Waals surface area contributed by atoms with Crippen LogP contribution in [-0.4, -0.2) is 22.9 Å². The highest BCUT2D eigenvalue weighted by molar-refractivity contribution is 7.57. The largest absolute Gasteiger partial charge is 0.314 e. The second kappa shape index (κ2) is 7.68. The Morgan fingerprint density at radius 3 is 2.23 bits per heavy atom. The van der Waals surface area contributed by atoms with Crippen molar-refractivity contribution in [1.82, 2.24) is 4.67 Å². The molecular formula is C22H30NO2P. The summed E-state index contributed by atoms with van der Waals surface area (Å²) in [5, 5.41) is 0. The Kier molecular flexibility index (Phi) is 5.72. The van der Waals surface area contributed by atoms with Gasteiger partial charge in [0, 0.05) is 12.1 Å². The standard InChI is InChI=1S/C22H30NO2P/c1-18-15-16-23(22(2,3)4)26(24,25-18)21(20-13-9-6-10-14-20)17-19-11-7-5-8-12-19/h5-14,18,21H,15-17H2,1-4H3/t18-,21-,26?/m0/s1. The molecule has 1 aliphatic heterocycles. The molecule has 0 aromatic heterocycles. The Labute approximate surface area is 157 Å². The van der Waals surface area contributed by atoms with Gasteiger partial charge in [0.2, 0.25) is 0 Å². The van der Waals surface area contributed by atoms with Crippen molar-refractivity contribution in [1.29, 1.82) is 0 Å². The molecule has 0 radical (unpaired) electrons. The van der Waals surface area contributed by atoms with Crippen LogP contribution >= 0.6 is 7.52 Å². The molecule has 3 rings (SSSR count). The van der Waals surface area contributed by atoms with E-state index in [1.54, 1.807) is 0 Å². The van der Waals surface area contributed by atoms with Gasteiger partial charge in [-0.1, -0.05) is 60.7 Å². The lowest BCUT2D eigenvalue weighted by Gasteiger charge is -2.48.